The van der Waals surface area contributed by atoms with Gasteiger partial charge in [-0.25, -0.2) is 0 Å². The summed E-state index contributed by atoms with van der Waals surface area (Å²) < 4.78 is 0. The summed E-state index contributed by atoms with van der Waals surface area (Å²) in [5.41, 5.74) is 1.16. The van der Waals surface area contributed by atoms with Crippen LogP contribution in [-0.2, 0) is 4.79 Å². The third kappa shape index (κ3) is 5.19. The third-order valence-electron chi connectivity index (χ3n) is 2.05. The standard InChI is InChI=1S/C12H14N2O3S/c13-5-9-1-3-10(4-2-9)14-12(17)8-18-7-11(16)6-15/h1-4,11,15-16H,6-8H2,(H,14,17). The molecule has 3 N–H and O–H groups in total. The van der Waals surface area contributed by atoms with Gasteiger partial charge in [-0.2, -0.15) is 5.26 Å². The lowest BCUT2D eigenvalue weighted by molar-refractivity contribution is -0.113. The topological polar surface area (TPSA) is 93.4 Å². The number of aliphatic hydroxyl groups excluding tert-OH is 2. The van der Waals surface area contributed by atoms with Crippen LogP contribution in [0.3, 0.4) is 0 Å². The molecule has 1 rings (SSSR count). The number of nitriles is 1. The first-order chi connectivity index (χ1) is 8.65. The number of carbonyl (C=O) groups is 1. The van der Waals surface area contributed by atoms with Crippen molar-refractivity contribution in [2.75, 3.05) is 23.4 Å². The summed E-state index contributed by atoms with van der Waals surface area (Å²) in [4.78, 5) is 11.5. The largest absolute Gasteiger partial charge is 0.394 e. The molecule has 0 radical (unpaired) electrons. The molecule has 1 aromatic rings. The summed E-state index contributed by atoms with van der Waals surface area (Å²) in [5.74, 6) is 0.337. The second-order valence-corrected chi connectivity index (χ2v) is 4.62. The first-order valence-electron chi connectivity index (χ1n) is 5.32. The van der Waals surface area contributed by atoms with E-state index in [1.807, 2.05) is 6.07 Å². The number of nitrogens with one attached hydrogen (secondary N) is 1. The number of aliphatic hydroxyl groups is 2. The van der Waals surface area contributed by atoms with Crippen LogP contribution in [-0.4, -0.2) is 40.3 Å². The molecule has 0 saturated heterocycles. The van der Waals surface area contributed by atoms with E-state index in [-0.39, 0.29) is 18.3 Å². The Bertz CT molecular complexity index is 428. The van der Waals surface area contributed by atoms with Gasteiger partial charge in [-0.15, -0.1) is 11.8 Å². The van der Waals surface area contributed by atoms with Gasteiger partial charge in [0.05, 0.1) is 30.1 Å². The molecule has 1 aromatic carbocycles. The molecule has 0 spiro atoms. The zero-order valence-corrected chi connectivity index (χ0v) is 10.5. The van der Waals surface area contributed by atoms with Gasteiger partial charge in [-0.05, 0) is 24.3 Å². The fraction of sp³-hybridized carbons (Fsp3) is 0.333. The van der Waals surface area contributed by atoms with E-state index in [2.05, 4.69) is 5.32 Å². The van der Waals surface area contributed by atoms with Gasteiger partial charge >= 0.3 is 0 Å². The van der Waals surface area contributed by atoms with E-state index in [1.54, 1.807) is 24.3 Å². The van der Waals surface area contributed by atoms with Crippen molar-refractivity contribution in [3.05, 3.63) is 29.8 Å². The van der Waals surface area contributed by atoms with Gasteiger partial charge in [0.1, 0.15) is 0 Å². The average Bonchev–Trinajstić information content (AvgIpc) is 2.39. The second-order valence-electron chi connectivity index (χ2n) is 3.59. The molecular weight excluding hydrogens is 252 g/mol. The van der Waals surface area contributed by atoms with Gasteiger partial charge < -0.3 is 15.5 Å². The van der Waals surface area contributed by atoms with Gasteiger partial charge in [0.25, 0.3) is 0 Å². The lowest BCUT2D eigenvalue weighted by Gasteiger charge is -2.07. The molecule has 0 aliphatic rings. The van der Waals surface area contributed by atoms with Crippen LogP contribution in [0.5, 0.6) is 0 Å². The molecular formula is C12H14N2O3S. The minimum absolute atomic E-state index is 0.185. The van der Waals surface area contributed by atoms with Crippen molar-refractivity contribution in [2.45, 2.75) is 6.10 Å². The van der Waals surface area contributed by atoms with Crippen molar-refractivity contribution in [1.82, 2.24) is 0 Å². The van der Waals surface area contributed by atoms with Crippen LogP contribution in [0.15, 0.2) is 24.3 Å². The van der Waals surface area contributed by atoms with Crippen LogP contribution in [0.4, 0.5) is 5.69 Å². The summed E-state index contributed by atoms with van der Waals surface area (Å²) >= 11 is 1.25. The van der Waals surface area contributed by atoms with Crippen LogP contribution in [0, 0.1) is 11.3 Å². The van der Waals surface area contributed by atoms with E-state index in [0.29, 0.717) is 17.0 Å². The van der Waals surface area contributed by atoms with E-state index >= 15 is 0 Å². The number of thioether (sulfide) groups is 1. The Balaban J connectivity index is 2.33. The van der Waals surface area contributed by atoms with Crippen molar-refractivity contribution >= 4 is 23.4 Å². The monoisotopic (exact) mass is 266 g/mol. The molecule has 0 fully saturated rings. The summed E-state index contributed by atoms with van der Waals surface area (Å²) in [6.07, 6.45) is -0.794. The van der Waals surface area contributed by atoms with E-state index < -0.39 is 6.10 Å². The zero-order valence-electron chi connectivity index (χ0n) is 9.67. The van der Waals surface area contributed by atoms with Gasteiger partial charge in [0.2, 0.25) is 5.91 Å². The van der Waals surface area contributed by atoms with Crippen LogP contribution in [0.25, 0.3) is 0 Å². The maximum Gasteiger partial charge on any atom is 0.234 e. The number of carbonyl (C=O) groups excluding carboxylic acids is 1. The Kier molecular flexibility index (Phi) is 6.22. The number of hydrogen-bond donors (Lipinski definition) is 3. The molecule has 0 aromatic heterocycles. The molecule has 0 bridgehead atoms. The maximum atomic E-state index is 11.5. The molecule has 0 saturated carbocycles. The first kappa shape index (κ1) is 14.5. The fourth-order valence-corrected chi connectivity index (χ4v) is 1.92. The molecule has 1 unspecified atom stereocenters. The molecule has 0 aliphatic heterocycles. The molecule has 1 atom stereocenters. The van der Waals surface area contributed by atoms with E-state index in [9.17, 15) is 4.79 Å². The highest BCUT2D eigenvalue weighted by molar-refractivity contribution is 8.00. The number of benzene rings is 1. The van der Waals surface area contributed by atoms with Gasteiger partial charge in [-0.1, -0.05) is 0 Å². The van der Waals surface area contributed by atoms with Gasteiger partial charge in [0, 0.05) is 11.4 Å². The highest BCUT2D eigenvalue weighted by atomic mass is 32.2. The van der Waals surface area contributed by atoms with Crippen LogP contribution < -0.4 is 5.32 Å². The lowest BCUT2D eigenvalue weighted by Crippen LogP contribution is -2.19. The Morgan fingerprint density at radius 3 is 2.67 bits per heavy atom. The number of nitrogens with zero attached hydrogens (tertiary/aromatic N) is 1. The van der Waals surface area contributed by atoms with Crippen molar-refractivity contribution in [2.24, 2.45) is 0 Å². The van der Waals surface area contributed by atoms with Crippen LogP contribution in [0.1, 0.15) is 5.56 Å². The Morgan fingerprint density at radius 2 is 2.11 bits per heavy atom. The highest BCUT2D eigenvalue weighted by Crippen LogP contribution is 2.10. The average molecular weight is 266 g/mol. The smallest absolute Gasteiger partial charge is 0.234 e. The molecule has 96 valence electrons. The molecule has 6 heteroatoms. The number of amides is 1. The number of anilines is 1. The molecule has 18 heavy (non-hydrogen) atoms. The van der Waals surface area contributed by atoms with E-state index in [0.717, 1.165) is 0 Å². The summed E-state index contributed by atoms with van der Waals surface area (Å²) in [6, 6.07) is 8.55. The van der Waals surface area contributed by atoms with Crippen molar-refractivity contribution in [3.8, 4) is 6.07 Å². The molecule has 0 aliphatic carbocycles. The van der Waals surface area contributed by atoms with Crippen LogP contribution >= 0.6 is 11.8 Å². The Morgan fingerprint density at radius 1 is 1.44 bits per heavy atom. The van der Waals surface area contributed by atoms with E-state index in [4.69, 9.17) is 15.5 Å². The minimum atomic E-state index is -0.794. The van der Waals surface area contributed by atoms with Crippen molar-refractivity contribution < 1.29 is 15.0 Å². The number of rotatable bonds is 6. The summed E-state index contributed by atoms with van der Waals surface area (Å²) in [6.45, 7) is -0.301. The normalized spacial score (nSPS) is 11.6. The molecule has 0 heterocycles. The Hall–Kier alpha value is -1.55. The predicted octanol–water partition coefficient (Wildman–Crippen LogP) is 0.583. The van der Waals surface area contributed by atoms with Crippen molar-refractivity contribution in [3.63, 3.8) is 0 Å². The summed E-state index contributed by atoms with van der Waals surface area (Å²) in [5, 5.41) is 29.0. The van der Waals surface area contributed by atoms with Gasteiger partial charge in [0.15, 0.2) is 0 Å². The molecule has 1 amide bonds. The summed E-state index contributed by atoms with van der Waals surface area (Å²) in [7, 11) is 0. The first-order valence-corrected chi connectivity index (χ1v) is 6.48. The minimum Gasteiger partial charge on any atom is -0.394 e. The van der Waals surface area contributed by atoms with Crippen LogP contribution in [0.2, 0.25) is 0 Å². The second kappa shape index (κ2) is 7.71. The lowest BCUT2D eigenvalue weighted by atomic mass is 10.2. The maximum absolute atomic E-state index is 11.5. The van der Waals surface area contributed by atoms with Crippen molar-refractivity contribution in [1.29, 1.82) is 5.26 Å². The molecule has 5 nitrogen and oxygen atoms in total. The Labute approximate surface area is 109 Å². The quantitative estimate of drug-likeness (QED) is 0.700. The highest BCUT2D eigenvalue weighted by Gasteiger charge is 2.06. The number of hydrogen-bond acceptors (Lipinski definition) is 5. The predicted molar refractivity (Wildman–Crippen MR) is 70.2 cm³/mol. The third-order valence-corrected chi connectivity index (χ3v) is 3.14. The van der Waals surface area contributed by atoms with Gasteiger partial charge in [-0.3, -0.25) is 4.79 Å². The fourth-order valence-electron chi connectivity index (χ4n) is 1.17. The van der Waals surface area contributed by atoms with E-state index in [1.165, 1.54) is 11.8 Å². The SMILES string of the molecule is N#Cc1ccc(NC(=O)CSCC(O)CO)cc1. The zero-order chi connectivity index (χ0) is 13.4.